The van der Waals surface area contributed by atoms with Crippen LogP contribution in [-0.4, -0.2) is 52.1 Å². The molecule has 1 fully saturated rings. The lowest BCUT2D eigenvalue weighted by Crippen LogP contribution is -2.39. The van der Waals surface area contributed by atoms with Crippen molar-refractivity contribution in [3.05, 3.63) is 59.9 Å². The number of carbonyl (C=O) groups is 2. The van der Waals surface area contributed by atoms with Crippen LogP contribution in [0, 0.1) is 0 Å². The number of aromatic amines is 1. The average Bonchev–Trinajstić information content (AvgIpc) is 3.28. The van der Waals surface area contributed by atoms with Crippen molar-refractivity contribution in [1.82, 2.24) is 20.2 Å². The van der Waals surface area contributed by atoms with E-state index in [1.165, 1.54) is 31.0 Å². The second kappa shape index (κ2) is 11.4. The maximum atomic E-state index is 12.8. The zero-order chi connectivity index (χ0) is 23.0. The molecular weight excluding hydrogens is 432 g/mol. The lowest BCUT2D eigenvalue weighted by molar-refractivity contribution is -0.129. The number of hydrogen-bond acceptors (Lipinski definition) is 4. The first kappa shape index (κ1) is 23.4. The molecule has 2 amide bonds. The number of carbonyl (C=O) groups excluding carboxylic acids is 2. The number of rotatable bonds is 9. The number of imidazole rings is 1. The Morgan fingerprint density at radius 1 is 1.09 bits per heavy atom. The molecule has 2 aromatic carbocycles. The number of amides is 2. The second-order valence-electron chi connectivity index (χ2n) is 8.64. The van der Waals surface area contributed by atoms with Crippen LogP contribution in [0.2, 0.25) is 0 Å². The van der Waals surface area contributed by atoms with E-state index >= 15 is 0 Å². The Kier molecular flexibility index (Phi) is 8.05. The van der Waals surface area contributed by atoms with Crippen molar-refractivity contribution in [2.75, 3.05) is 19.3 Å². The van der Waals surface area contributed by atoms with Crippen LogP contribution in [-0.2, 0) is 11.2 Å². The van der Waals surface area contributed by atoms with Gasteiger partial charge in [-0.3, -0.25) is 9.59 Å². The monoisotopic (exact) mass is 464 g/mol. The number of aryl methyl sites for hydroxylation is 1. The number of nitrogens with zero attached hydrogens (tertiary/aromatic N) is 2. The quantitative estimate of drug-likeness (QED) is 0.352. The summed E-state index contributed by atoms with van der Waals surface area (Å²) >= 11 is 1.45. The minimum absolute atomic E-state index is 0.101. The van der Waals surface area contributed by atoms with Crippen molar-refractivity contribution in [3.63, 3.8) is 0 Å². The first-order chi connectivity index (χ1) is 16.1. The van der Waals surface area contributed by atoms with Gasteiger partial charge in [-0.1, -0.05) is 43.5 Å². The molecule has 0 saturated heterocycles. The van der Waals surface area contributed by atoms with Gasteiger partial charge in [-0.2, -0.15) is 0 Å². The molecule has 6 nitrogen and oxygen atoms in total. The van der Waals surface area contributed by atoms with Crippen molar-refractivity contribution in [2.24, 2.45) is 0 Å². The molecule has 4 rings (SSSR count). The highest BCUT2D eigenvalue weighted by molar-refractivity contribution is 8.00. The number of H-pyrrole nitrogens is 1. The molecule has 33 heavy (non-hydrogen) atoms. The highest BCUT2D eigenvalue weighted by Crippen LogP contribution is 2.25. The Morgan fingerprint density at radius 3 is 2.67 bits per heavy atom. The van der Waals surface area contributed by atoms with Crippen LogP contribution in [0.4, 0.5) is 0 Å². The van der Waals surface area contributed by atoms with Crippen molar-refractivity contribution >= 4 is 34.6 Å². The van der Waals surface area contributed by atoms with Crippen molar-refractivity contribution in [1.29, 1.82) is 0 Å². The SMILES string of the molecule is CN(C(=O)CSc1ccccc1C(=O)NCCCc1nc2ccccc2[nH]1)C1CCCCC1. The van der Waals surface area contributed by atoms with Crippen LogP contribution in [0.3, 0.4) is 0 Å². The smallest absolute Gasteiger partial charge is 0.252 e. The number of aromatic nitrogens is 2. The molecule has 7 heteroatoms. The lowest BCUT2D eigenvalue weighted by atomic mass is 9.94. The maximum Gasteiger partial charge on any atom is 0.252 e. The summed E-state index contributed by atoms with van der Waals surface area (Å²) < 4.78 is 0. The highest BCUT2D eigenvalue weighted by Gasteiger charge is 2.22. The van der Waals surface area contributed by atoms with E-state index in [1.54, 1.807) is 0 Å². The molecule has 3 aromatic rings. The fourth-order valence-corrected chi connectivity index (χ4v) is 5.34. The van der Waals surface area contributed by atoms with Gasteiger partial charge in [-0.15, -0.1) is 11.8 Å². The predicted octanol–water partition coefficient (Wildman–Crippen LogP) is 4.81. The summed E-state index contributed by atoms with van der Waals surface area (Å²) in [6.07, 6.45) is 7.44. The first-order valence-corrected chi connectivity index (χ1v) is 12.8. The van der Waals surface area contributed by atoms with Crippen molar-refractivity contribution < 1.29 is 9.59 Å². The van der Waals surface area contributed by atoms with Crippen LogP contribution < -0.4 is 5.32 Å². The van der Waals surface area contributed by atoms with E-state index < -0.39 is 0 Å². The van der Waals surface area contributed by atoms with E-state index in [-0.39, 0.29) is 11.8 Å². The van der Waals surface area contributed by atoms with Gasteiger partial charge in [0.15, 0.2) is 0 Å². The van der Waals surface area contributed by atoms with Crippen LogP contribution in [0.15, 0.2) is 53.4 Å². The van der Waals surface area contributed by atoms with Gasteiger partial charge in [0.1, 0.15) is 5.82 Å². The lowest BCUT2D eigenvalue weighted by Gasteiger charge is -2.31. The number of hydrogen-bond donors (Lipinski definition) is 2. The molecule has 1 heterocycles. The van der Waals surface area contributed by atoms with Crippen LogP contribution in [0.1, 0.15) is 54.7 Å². The molecule has 0 unspecified atom stereocenters. The maximum absolute atomic E-state index is 12.8. The Hall–Kier alpha value is -2.80. The van der Waals surface area contributed by atoms with Crippen LogP contribution in [0.25, 0.3) is 11.0 Å². The topological polar surface area (TPSA) is 78.1 Å². The number of thioether (sulfide) groups is 1. The molecule has 0 bridgehead atoms. The molecule has 1 aliphatic rings. The fourth-order valence-electron chi connectivity index (χ4n) is 4.37. The van der Waals surface area contributed by atoms with Crippen LogP contribution in [0.5, 0.6) is 0 Å². The van der Waals surface area contributed by atoms with Crippen molar-refractivity contribution in [2.45, 2.75) is 55.9 Å². The van der Waals surface area contributed by atoms with Gasteiger partial charge in [-0.25, -0.2) is 4.98 Å². The van der Waals surface area contributed by atoms with E-state index in [9.17, 15) is 9.59 Å². The van der Waals surface area contributed by atoms with Gasteiger partial charge in [0, 0.05) is 31.0 Å². The molecule has 0 spiro atoms. The summed E-state index contributed by atoms with van der Waals surface area (Å²) in [5.41, 5.74) is 2.62. The molecule has 0 radical (unpaired) electrons. The molecule has 1 aromatic heterocycles. The summed E-state index contributed by atoms with van der Waals surface area (Å²) in [5.74, 6) is 1.31. The largest absolute Gasteiger partial charge is 0.352 e. The minimum Gasteiger partial charge on any atom is -0.352 e. The first-order valence-electron chi connectivity index (χ1n) is 11.8. The summed E-state index contributed by atoms with van der Waals surface area (Å²) in [7, 11) is 1.92. The molecular formula is C26H32N4O2S. The Bertz CT molecular complexity index is 1060. The number of para-hydroxylation sites is 2. The molecule has 174 valence electrons. The van der Waals surface area contributed by atoms with Gasteiger partial charge in [0.25, 0.3) is 5.91 Å². The van der Waals surface area contributed by atoms with E-state index in [2.05, 4.69) is 15.3 Å². The zero-order valence-electron chi connectivity index (χ0n) is 19.2. The third-order valence-electron chi connectivity index (χ3n) is 6.31. The standard InChI is InChI=1S/C26H32N4O2S/c1-30(19-10-3-2-4-11-19)25(31)18-33-23-15-8-5-12-20(23)26(32)27-17-9-16-24-28-21-13-6-7-14-22(21)29-24/h5-8,12-15,19H,2-4,9-11,16-18H2,1H3,(H,27,32)(H,28,29). The highest BCUT2D eigenvalue weighted by atomic mass is 32.2. The molecule has 2 N–H and O–H groups in total. The zero-order valence-corrected chi connectivity index (χ0v) is 20.0. The molecule has 0 aliphatic heterocycles. The van der Waals surface area contributed by atoms with Crippen LogP contribution >= 0.6 is 11.8 Å². The number of fused-ring (bicyclic) bond motifs is 1. The summed E-state index contributed by atoms with van der Waals surface area (Å²) in [6, 6.07) is 15.8. The third-order valence-corrected chi connectivity index (χ3v) is 7.37. The van der Waals surface area contributed by atoms with Gasteiger partial charge >= 0.3 is 0 Å². The summed E-state index contributed by atoms with van der Waals surface area (Å²) in [4.78, 5) is 36.2. The van der Waals surface area contributed by atoms with E-state index in [4.69, 9.17) is 0 Å². The normalized spacial score (nSPS) is 14.3. The van der Waals surface area contributed by atoms with E-state index in [0.717, 1.165) is 47.4 Å². The van der Waals surface area contributed by atoms with E-state index in [0.29, 0.717) is 23.9 Å². The predicted molar refractivity (Wildman–Crippen MR) is 134 cm³/mol. The molecule has 1 saturated carbocycles. The van der Waals surface area contributed by atoms with Gasteiger partial charge in [0.2, 0.25) is 5.91 Å². The Balaban J connectivity index is 1.26. The Labute approximate surface area is 199 Å². The third kappa shape index (κ3) is 6.16. The summed E-state index contributed by atoms with van der Waals surface area (Å²) in [5, 5.41) is 3.02. The second-order valence-corrected chi connectivity index (χ2v) is 9.66. The van der Waals surface area contributed by atoms with Gasteiger partial charge in [-0.05, 0) is 43.5 Å². The van der Waals surface area contributed by atoms with Gasteiger partial charge < -0.3 is 15.2 Å². The average molecular weight is 465 g/mol. The van der Waals surface area contributed by atoms with E-state index in [1.807, 2.05) is 60.5 Å². The number of benzene rings is 2. The number of nitrogens with one attached hydrogen (secondary N) is 2. The summed E-state index contributed by atoms with van der Waals surface area (Å²) in [6.45, 7) is 0.568. The fraction of sp³-hybridized carbons (Fsp3) is 0.423. The Morgan fingerprint density at radius 2 is 1.85 bits per heavy atom. The molecule has 1 aliphatic carbocycles. The minimum atomic E-state index is -0.101. The van der Waals surface area contributed by atoms with Crippen molar-refractivity contribution in [3.8, 4) is 0 Å². The molecule has 0 atom stereocenters. The van der Waals surface area contributed by atoms with Gasteiger partial charge in [0.05, 0.1) is 22.3 Å².